The van der Waals surface area contributed by atoms with Crippen molar-refractivity contribution in [2.75, 3.05) is 39.6 Å². The van der Waals surface area contributed by atoms with Crippen LogP contribution in [0.2, 0.25) is 0 Å². The Balaban J connectivity index is 2.27. The van der Waals surface area contributed by atoms with Crippen molar-refractivity contribution in [3.05, 3.63) is 0 Å². The molecule has 13 heteroatoms. The molecular weight excluding hydrogens is 449 g/mol. The van der Waals surface area contributed by atoms with E-state index in [4.69, 9.17) is 23.3 Å². The topological polar surface area (TPSA) is 173 Å². The second-order valence-electron chi connectivity index (χ2n) is 7.97. The van der Waals surface area contributed by atoms with Crippen LogP contribution in [0.5, 0.6) is 0 Å². The number of carbonyl (C=O) groups excluding carboxylic acids is 1. The smallest absolute Gasteiger partial charge is 0.394 e. The van der Waals surface area contributed by atoms with Crippen molar-refractivity contribution in [3.63, 3.8) is 0 Å². The maximum atomic E-state index is 11.8. The molecule has 1 rings (SSSR count). The van der Waals surface area contributed by atoms with Crippen molar-refractivity contribution in [1.82, 2.24) is 5.32 Å². The molecule has 0 spiro atoms. The zero-order chi connectivity index (χ0) is 24.1. The van der Waals surface area contributed by atoms with Gasteiger partial charge < -0.3 is 39.7 Å². The summed E-state index contributed by atoms with van der Waals surface area (Å²) in [5, 5.41) is 31.9. The maximum absolute atomic E-state index is 11.8. The third kappa shape index (κ3) is 11.5. The van der Waals surface area contributed by atoms with E-state index in [2.05, 4.69) is 5.32 Å². The molecule has 0 aliphatic carbocycles. The van der Waals surface area contributed by atoms with Gasteiger partial charge in [0.15, 0.2) is 6.29 Å². The fourth-order valence-corrected chi connectivity index (χ4v) is 3.69. The molecule has 0 aromatic rings. The monoisotopic (exact) mass is 487 g/mol. The molecule has 0 radical (unpaired) electrons. The maximum Gasteiger partial charge on any atom is 0.472 e. The first-order valence-corrected chi connectivity index (χ1v) is 12.3. The van der Waals surface area contributed by atoms with Gasteiger partial charge in [0.05, 0.1) is 19.8 Å². The third-order valence-corrected chi connectivity index (χ3v) is 5.48. The zero-order valence-electron chi connectivity index (χ0n) is 18.9. The normalized spacial score (nSPS) is 27.9. The van der Waals surface area contributed by atoms with Gasteiger partial charge in [0.2, 0.25) is 5.91 Å². The first-order valence-electron chi connectivity index (χ1n) is 10.8. The van der Waals surface area contributed by atoms with E-state index in [-0.39, 0.29) is 19.8 Å². The van der Waals surface area contributed by atoms with Crippen LogP contribution in [-0.2, 0) is 32.6 Å². The summed E-state index contributed by atoms with van der Waals surface area (Å²) in [6.45, 7) is 5.94. The standard InChI is InChI=1S/C19H38NO11P/c1-13(2)12-27-7-6-10-30-32(25,26)29-9-5-4-8-28-19-16(20-14(3)22)18(24)17(23)15(11-21)31-19/h13,15-19,21,23-24H,4-12H2,1-3H3,(H,20,22)(H,25,26)/t15?,16?,17-,18+,19+/m0/s1. The van der Waals surface area contributed by atoms with E-state index < -0.39 is 51.0 Å². The van der Waals surface area contributed by atoms with Gasteiger partial charge in [-0.05, 0) is 25.2 Å². The van der Waals surface area contributed by atoms with E-state index in [1.807, 2.05) is 13.8 Å². The highest BCUT2D eigenvalue weighted by Gasteiger charge is 2.45. The summed E-state index contributed by atoms with van der Waals surface area (Å²) in [5.74, 6) is -0.0274. The summed E-state index contributed by atoms with van der Waals surface area (Å²) >= 11 is 0. The largest absolute Gasteiger partial charge is 0.472 e. The number of unbranched alkanes of at least 4 members (excludes halogenated alkanes) is 1. The number of phosphoric ester groups is 1. The van der Waals surface area contributed by atoms with E-state index in [1.54, 1.807) is 0 Å². The van der Waals surface area contributed by atoms with Crippen molar-refractivity contribution >= 4 is 13.7 Å². The van der Waals surface area contributed by atoms with Gasteiger partial charge in [-0.3, -0.25) is 13.8 Å². The summed E-state index contributed by atoms with van der Waals surface area (Å²) < 4.78 is 37.9. The highest BCUT2D eigenvalue weighted by Crippen LogP contribution is 2.43. The number of carbonyl (C=O) groups is 1. The van der Waals surface area contributed by atoms with Crippen LogP contribution in [0, 0.1) is 5.92 Å². The SMILES string of the molecule is CC(=O)NC1[C@H](OCCCCOP(=O)(O)OCCCOCC(C)C)OC(CO)[C@H](O)[C@@H]1O. The third-order valence-electron chi connectivity index (χ3n) is 4.46. The van der Waals surface area contributed by atoms with Crippen LogP contribution in [0.4, 0.5) is 0 Å². The van der Waals surface area contributed by atoms with Gasteiger partial charge in [-0.1, -0.05) is 13.8 Å². The summed E-state index contributed by atoms with van der Waals surface area (Å²) in [6.07, 6.45) is -3.65. The van der Waals surface area contributed by atoms with Crippen LogP contribution < -0.4 is 5.32 Å². The van der Waals surface area contributed by atoms with E-state index in [9.17, 15) is 29.6 Å². The number of amides is 1. The predicted octanol–water partition coefficient (Wildman–Crippen LogP) is -0.0768. The van der Waals surface area contributed by atoms with Crippen molar-refractivity contribution in [2.24, 2.45) is 5.92 Å². The molecule has 0 aromatic heterocycles. The van der Waals surface area contributed by atoms with Gasteiger partial charge in [0.25, 0.3) is 0 Å². The molecule has 0 aromatic carbocycles. The Hall–Kier alpha value is -0.660. The molecule has 32 heavy (non-hydrogen) atoms. The van der Waals surface area contributed by atoms with E-state index in [0.29, 0.717) is 38.4 Å². The number of hydrogen-bond acceptors (Lipinski definition) is 10. The molecule has 0 bridgehead atoms. The molecule has 1 amide bonds. The molecule has 0 saturated carbocycles. The minimum atomic E-state index is -4.15. The van der Waals surface area contributed by atoms with Gasteiger partial charge in [0.1, 0.15) is 24.4 Å². The lowest BCUT2D eigenvalue weighted by molar-refractivity contribution is -0.270. The molecule has 1 aliphatic heterocycles. The summed E-state index contributed by atoms with van der Waals surface area (Å²) in [4.78, 5) is 21.0. The van der Waals surface area contributed by atoms with Gasteiger partial charge in [0, 0.05) is 26.7 Å². The molecule has 3 unspecified atom stereocenters. The Morgan fingerprint density at radius 3 is 2.28 bits per heavy atom. The highest BCUT2D eigenvalue weighted by atomic mass is 31.2. The van der Waals surface area contributed by atoms with Crippen molar-refractivity contribution in [3.8, 4) is 0 Å². The van der Waals surface area contributed by atoms with Crippen LogP contribution in [0.1, 0.15) is 40.0 Å². The van der Waals surface area contributed by atoms with Crippen molar-refractivity contribution < 1.29 is 52.8 Å². The number of hydrogen-bond donors (Lipinski definition) is 5. The number of aliphatic hydroxyl groups excluding tert-OH is 3. The van der Waals surface area contributed by atoms with Crippen molar-refractivity contribution in [1.29, 1.82) is 0 Å². The number of ether oxygens (including phenoxy) is 3. The quantitative estimate of drug-likeness (QED) is 0.146. The number of nitrogens with one attached hydrogen (secondary N) is 1. The zero-order valence-corrected chi connectivity index (χ0v) is 19.8. The predicted molar refractivity (Wildman–Crippen MR) is 113 cm³/mol. The molecule has 1 heterocycles. The molecule has 5 N–H and O–H groups in total. The highest BCUT2D eigenvalue weighted by molar-refractivity contribution is 7.47. The van der Waals surface area contributed by atoms with E-state index in [0.717, 1.165) is 0 Å². The summed E-state index contributed by atoms with van der Waals surface area (Å²) in [7, 11) is -4.15. The Kier molecular flexibility index (Phi) is 14.0. The molecule has 1 fully saturated rings. The Labute approximate surface area is 188 Å². The molecule has 6 atom stereocenters. The first-order chi connectivity index (χ1) is 15.1. The average Bonchev–Trinajstić information content (AvgIpc) is 2.71. The van der Waals surface area contributed by atoms with Gasteiger partial charge in [-0.2, -0.15) is 0 Å². The molecule has 190 valence electrons. The van der Waals surface area contributed by atoms with Crippen LogP contribution in [0.15, 0.2) is 0 Å². The van der Waals surface area contributed by atoms with Crippen LogP contribution in [0.3, 0.4) is 0 Å². The van der Waals surface area contributed by atoms with Crippen molar-refractivity contribution in [2.45, 2.75) is 70.7 Å². The second kappa shape index (κ2) is 15.3. The summed E-state index contributed by atoms with van der Waals surface area (Å²) in [6, 6.07) is -1.02. The Bertz CT molecular complexity index is 579. The van der Waals surface area contributed by atoms with Crippen LogP contribution in [0.25, 0.3) is 0 Å². The minimum Gasteiger partial charge on any atom is -0.394 e. The minimum absolute atomic E-state index is 0.0394. The fourth-order valence-electron chi connectivity index (χ4n) is 2.89. The number of rotatable bonds is 16. The van der Waals surface area contributed by atoms with Gasteiger partial charge in [-0.15, -0.1) is 0 Å². The summed E-state index contributed by atoms with van der Waals surface area (Å²) in [5.41, 5.74) is 0. The lowest BCUT2D eigenvalue weighted by atomic mass is 9.97. The fraction of sp³-hybridized carbons (Fsp3) is 0.947. The Morgan fingerprint density at radius 1 is 1.06 bits per heavy atom. The molecule has 12 nitrogen and oxygen atoms in total. The van der Waals surface area contributed by atoms with E-state index >= 15 is 0 Å². The van der Waals surface area contributed by atoms with Gasteiger partial charge >= 0.3 is 7.82 Å². The molecular formula is C19H38NO11P. The molecule has 1 aliphatic rings. The second-order valence-corrected chi connectivity index (χ2v) is 9.42. The average molecular weight is 487 g/mol. The lowest BCUT2D eigenvalue weighted by Gasteiger charge is -2.42. The lowest BCUT2D eigenvalue weighted by Crippen LogP contribution is -2.64. The van der Waals surface area contributed by atoms with Gasteiger partial charge in [-0.25, -0.2) is 4.57 Å². The Morgan fingerprint density at radius 2 is 1.69 bits per heavy atom. The number of aliphatic hydroxyl groups is 3. The van der Waals surface area contributed by atoms with Crippen LogP contribution in [-0.4, -0.2) is 96.4 Å². The molecule has 1 saturated heterocycles. The number of phosphoric acid groups is 1. The van der Waals surface area contributed by atoms with E-state index in [1.165, 1.54) is 6.92 Å². The van der Waals surface area contributed by atoms with Crippen LogP contribution >= 0.6 is 7.82 Å². The first kappa shape index (κ1) is 29.4.